The lowest BCUT2D eigenvalue weighted by atomic mass is 10.0. The van der Waals surface area contributed by atoms with E-state index < -0.39 is 0 Å². The number of rotatable bonds is 6. The molecule has 1 amide bonds. The number of morpholine rings is 1. The number of fused-ring (bicyclic) bond motifs is 1. The molecule has 1 fully saturated rings. The highest BCUT2D eigenvalue weighted by molar-refractivity contribution is 6.05. The van der Waals surface area contributed by atoms with E-state index in [0.29, 0.717) is 25.3 Å². The molecule has 1 aromatic heterocycles. The van der Waals surface area contributed by atoms with Gasteiger partial charge in [-0.05, 0) is 29.8 Å². The van der Waals surface area contributed by atoms with Gasteiger partial charge < -0.3 is 14.8 Å². The highest BCUT2D eigenvalue weighted by Crippen LogP contribution is 2.24. The van der Waals surface area contributed by atoms with Crippen LogP contribution in [-0.2, 0) is 4.74 Å². The van der Waals surface area contributed by atoms with Crippen molar-refractivity contribution in [2.75, 3.05) is 40.0 Å². The minimum atomic E-state index is -0.0876. The Balaban J connectivity index is 1.54. The van der Waals surface area contributed by atoms with Gasteiger partial charge in [0.15, 0.2) is 0 Å². The Bertz CT molecular complexity index is 963. The Labute approximate surface area is 170 Å². The molecule has 1 aliphatic heterocycles. The molecule has 0 spiro atoms. The number of methoxy groups -OCH3 is 1. The van der Waals surface area contributed by atoms with Crippen molar-refractivity contribution in [3.63, 3.8) is 0 Å². The van der Waals surface area contributed by atoms with Gasteiger partial charge in [0.2, 0.25) is 0 Å². The highest BCUT2D eigenvalue weighted by Gasteiger charge is 2.24. The average molecular weight is 391 g/mol. The molecule has 4 rings (SSSR count). The summed E-state index contributed by atoms with van der Waals surface area (Å²) in [5.74, 6) is 0.733. The van der Waals surface area contributed by atoms with E-state index in [9.17, 15) is 4.79 Å². The normalized spacial score (nSPS) is 15.8. The number of hydrogen-bond acceptors (Lipinski definition) is 5. The molecular formula is C23H25N3O3. The van der Waals surface area contributed by atoms with Gasteiger partial charge in [0.25, 0.3) is 5.91 Å². The highest BCUT2D eigenvalue weighted by atomic mass is 16.5. The Morgan fingerprint density at radius 1 is 1.14 bits per heavy atom. The zero-order chi connectivity index (χ0) is 20.1. The van der Waals surface area contributed by atoms with Crippen LogP contribution in [0.2, 0.25) is 0 Å². The minimum absolute atomic E-state index is 0.0712. The Morgan fingerprint density at radius 2 is 1.90 bits per heavy atom. The van der Waals surface area contributed by atoms with Crippen LogP contribution in [0.5, 0.6) is 5.75 Å². The van der Waals surface area contributed by atoms with Crippen molar-refractivity contribution in [1.29, 1.82) is 0 Å². The summed E-state index contributed by atoms with van der Waals surface area (Å²) < 4.78 is 10.8. The summed E-state index contributed by atoms with van der Waals surface area (Å²) in [6, 6.07) is 17.6. The first-order valence-corrected chi connectivity index (χ1v) is 9.84. The van der Waals surface area contributed by atoms with E-state index in [1.165, 1.54) is 0 Å². The van der Waals surface area contributed by atoms with Gasteiger partial charge in [0.05, 0.1) is 37.4 Å². The molecule has 0 saturated carbocycles. The summed E-state index contributed by atoms with van der Waals surface area (Å²) in [5, 5.41) is 4.00. The van der Waals surface area contributed by atoms with Crippen molar-refractivity contribution in [3.8, 4) is 5.75 Å². The van der Waals surface area contributed by atoms with Crippen LogP contribution >= 0.6 is 0 Å². The standard InChI is InChI=1S/C23H25N3O3/c1-28-18-8-6-17(7-9-18)22(26-12-14-29-15-13-26)16-25-23(27)20-10-11-24-21-5-3-2-4-19(20)21/h2-11,22H,12-16H2,1H3,(H,25,27). The van der Waals surface area contributed by atoms with Crippen molar-refractivity contribution in [1.82, 2.24) is 15.2 Å². The number of amides is 1. The van der Waals surface area contributed by atoms with Crippen molar-refractivity contribution in [3.05, 3.63) is 71.9 Å². The molecular weight excluding hydrogens is 366 g/mol. The van der Waals surface area contributed by atoms with Crippen molar-refractivity contribution >= 4 is 16.8 Å². The predicted molar refractivity (Wildman–Crippen MR) is 112 cm³/mol. The van der Waals surface area contributed by atoms with Gasteiger partial charge >= 0.3 is 0 Å². The average Bonchev–Trinajstić information content (AvgIpc) is 2.80. The molecule has 6 nitrogen and oxygen atoms in total. The second-order valence-corrected chi connectivity index (χ2v) is 7.02. The topological polar surface area (TPSA) is 63.7 Å². The largest absolute Gasteiger partial charge is 0.497 e. The lowest BCUT2D eigenvalue weighted by Gasteiger charge is -2.35. The molecule has 0 radical (unpaired) electrons. The van der Waals surface area contributed by atoms with E-state index in [4.69, 9.17) is 9.47 Å². The van der Waals surface area contributed by atoms with Crippen molar-refractivity contribution < 1.29 is 14.3 Å². The predicted octanol–water partition coefficient (Wildman–Crippen LogP) is 3.05. The van der Waals surface area contributed by atoms with Crippen LogP contribution < -0.4 is 10.1 Å². The fourth-order valence-electron chi connectivity index (χ4n) is 3.75. The van der Waals surface area contributed by atoms with Gasteiger partial charge in [0.1, 0.15) is 5.75 Å². The molecule has 1 N–H and O–H groups in total. The minimum Gasteiger partial charge on any atom is -0.497 e. The number of carbonyl (C=O) groups excluding carboxylic acids is 1. The maximum Gasteiger partial charge on any atom is 0.252 e. The fourth-order valence-corrected chi connectivity index (χ4v) is 3.75. The number of benzene rings is 2. The Morgan fingerprint density at radius 3 is 2.66 bits per heavy atom. The van der Waals surface area contributed by atoms with E-state index in [2.05, 4.69) is 27.3 Å². The third-order valence-electron chi connectivity index (χ3n) is 5.34. The Hall–Kier alpha value is -2.96. The van der Waals surface area contributed by atoms with Crippen LogP contribution in [0.4, 0.5) is 0 Å². The number of nitrogens with one attached hydrogen (secondary N) is 1. The molecule has 3 aromatic rings. The first-order valence-electron chi connectivity index (χ1n) is 9.84. The molecule has 1 saturated heterocycles. The maximum absolute atomic E-state index is 13.0. The van der Waals surface area contributed by atoms with E-state index in [1.54, 1.807) is 19.4 Å². The van der Waals surface area contributed by atoms with Crippen molar-refractivity contribution in [2.45, 2.75) is 6.04 Å². The van der Waals surface area contributed by atoms with Crippen LogP contribution in [0.1, 0.15) is 22.0 Å². The molecule has 29 heavy (non-hydrogen) atoms. The lowest BCUT2D eigenvalue weighted by molar-refractivity contribution is 0.0162. The number of aromatic nitrogens is 1. The van der Waals surface area contributed by atoms with Crippen LogP contribution in [0.15, 0.2) is 60.8 Å². The number of nitrogens with zero attached hydrogens (tertiary/aromatic N) is 2. The first-order chi connectivity index (χ1) is 14.3. The third kappa shape index (κ3) is 4.39. The van der Waals surface area contributed by atoms with Gasteiger partial charge in [-0.25, -0.2) is 0 Å². The smallest absolute Gasteiger partial charge is 0.252 e. The van der Waals surface area contributed by atoms with Crippen LogP contribution in [-0.4, -0.2) is 55.7 Å². The zero-order valence-corrected chi connectivity index (χ0v) is 16.5. The van der Waals surface area contributed by atoms with Gasteiger partial charge in [-0.3, -0.25) is 14.7 Å². The van der Waals surface area contributed by atoms with Gasteiger partial charge in [-0.2, -0.15) is 0 Å². The summed E-state index contributed by atoms with van der Waals surface area (Å²) in [7, 11) is 1.66. The van der Waals surface area contributed by atoms with Crippen LogP contribution in [0, 0.1) is 0 Å². The zero-order valence-electron chi connectivity index (χ0n) is 16.5. The quantitative estimate of drug-likeness (QED) is 0.700. The van der Waals surface area contributed by atoms with E-state index in [-0.39, 0.29) is 11.9 Å². The molecule has 2 heterocycles. The number of para-hydroxylation sites is 1. The number of pyridine rings is 1. The number of hydrogen-bond donors (Lipinski definition) is 1. The molecule has 1 unspecified atom stereocenters. The maximum atomic E-state index is 13.0. The molecule has 6 heteroatoms. The number of carbonyl (C=O) groups is 1. The third-order valence-corrected chi connectivity index (χ3v) is 5.34. The summed E-state index contributed by atoms with van der Waals surface area (Å²) in [6.45, 7) is 3.60. The van der Waals surface area contributed by atoms with Crippen LogP contribution in [0.25, 0.3) is 10.9 Å². The van der Waals surface area contributed by atoms with Gasteiger partial charge in [-0.15, -0.1) is 0 Å². The van der Waals surface area contributed by atoms with E-state index in [1.807, 2.05) is 36.4 Å². The molecule has 0 bridgehead atoms. The van der Waals surface area contributed by atoms with E-state index in [0.717, 1.165) is 35.3 Å². The molecule has 1 aliphatic rings. The molecule has 2 aromatic carbocycles. The fraction of sp³-hybridized carbons (Fsp3) is 0.304. The van der Waals surface area contributed by atoms with Gasteiger partial charge in [0, 0.05) is 31.2 Å². The second-order valence-electron chi connectivity index (χ2n) is 7.02. The molecule has 0 aliphatic carbocycles. The molecule has 150 valence electrons. The van der Waals surface area contributed by atoms with Gasteiger partial charge in [-0.1, -0.05) is 30.3 Å². The van der Waals surface area contributed by atoms with E-state index >= 15 is 0 Å². The van der Waals surface area contributed by atoms with Crippen LogP contribution in [0.3, 0.4) is 0 Å². The lowest BCUT2D eigenvalue weighted by Crippen LogP contribution is -2.43. The Kier molecular flexibility index (Phi) is 6.03. The second kappa shape index (κ2) is 9.03. The summed E-state index contributed by atoms with van der Waals surface area (Å²) >= 11 is 0. The first kappa shape index (κ1) is 19.4. The molecule has 1 atom stereocenters. The monoisotopic (exact) mass is 391 g/mol. The number of ether oxygens (including phenoxy) is 2. The van der Waals surface area contributed by atoms with Crippen molar-refractivity contribution in [2.24, 2.45) is 0 Å². The summed E-state index contributed by atoms with van der Waals surface area (Å²) in [5.41, 5.74) is 2.61. The summed E-state index contributed by atoms with van der Waals surface area (Å²) in [6.07, 6.45) is 1.68. The summed E-state index contributed by atoms with van der Waals surface area (Å²) in [4.78, 5) is 19.7. The SMILES string of the molecule is COc1ccc(C(CNC(=O)c2ccnc3ccccc23)N2CCOCC2)cc1.